The summed E-state index contributed by atoms with van der Waals surface area (Å²) < 4.78 is 18.4. The first-order valence-corrected chi connectivity index (χ1v) is 5.56. The first-order valence-electron chi connectivity index (χ1n) is 5.56. The zero-order valence-electron chi connectivity index (χ0n) is 9.63. The number of morpholine rings is 1. The molecule has 1 saturated heterocycles. The van der Waals surface area contributed by atoms with Gasteiger partial charge >= 0.3 is 0 Å². The molecule has 1 unspecified atom stereocenters. The SMILES string of the molecule is Cc1ccc(F)cc1NC(=O)C1CNCCO1. The molecule has 1 fully saturated rings. The van der Waals surface area contributed by atoms with Crippen molar-refractivity contribution in [2.45, 2.75) is 13.0 Å². The lowest BCUT2D eigenvalue weighted by Gasteiger charge is -2.23. The summed E-state index contributed by atoms with van der Waals surface area (Å²) in [7, 11) is 0. The van der Waals surface area contributed by atoms with E-state index < -0.39 is 6.10 Å². The predicted octanol–water partition coefficient (Wildman–Crippen LogP) is 1.06. The summed E-state index contributed by atoms with van der Waals surface area (Å²) in [6.45, 7) is 3.57. The van der Waals surface area contributed by atoms with E-state index >= 15 is 0 Å². The molecular weight excluding hydrogens is 223 g/mol. The van der Waals surface area contributed by atoms with Crippen LogP contribution in [0.2, 0.25) is 0 Å². The van der Waals surface area contributed by atoms with Gasteiger partial charge in [0.2, 0.25) is 0 Å². The number of aryl methyl sites for hydroxylation is 1. The van der Waals surface area contributed by atoms with E-state index in [1.54, 1.807) is 6.07 Å². The monoisotopic (exact) mass is 238 g/mol. The molecule has 0 saturated carbocycles. The first kappa shape index (κ1) is 12.0. The second-order valence-corrected chi connectivity index (χ2v) is 4.01. The number of hydrogen-bond acceptors (Lipinski definition) is 3. The third-order valence-corrected chi connectivity index (χ3v) is 2.68. The van der Waals surface area contributed by atoms with E-state index in [1.807, 2.05) is 6.92 Å². The smallest absolute Gasteiger partial charge is 0.254 e. The lowest BCUT2D eigenvalue weighted by Crippen LogP contribution is -2.45. The van der Waals surface area contributed by atoms with Crippen molar-refractivity contribution in [2.24, 2.45) is 0 Å². The summed E-state index contributed by atoms with van der Waals surface area (Å²) in [6, 6.07) is 4.30. The minimum atomic E-state index is -0.508. The number of benzene rings is 1. The third kappa shape index (κ3) is 3.01. The number of halogens is 1. The fourth-order valence-electron chi connectivity index (χ4n) is 1.68. The van der Waals surface area contributed by atoms with E-state index in [1.165, 1.54) is 12.1 Å². The Hall–Kier alpha value is -1.46. The Morgan fingerprint density at radius 2 is 2.41 bits per heavy atom. The maximum absolute atomic E-state index is 13.0. The average molecular weight is 238 g/mol. The van der Waals surface area contributed by atoms with Crippen molar-refractivity contribution in [2.75, 3.05) is 25.0 Å². The van der Waals surface area contributed by atoms with Crippen molar-refractivity contribution in [3.05, 3.63) is 29.6 Å². The van der Waals surface area contributed by atoms with E-state index in [0.29, 0.717) is 18.8 Å². The summed E-state index contributed by atoms with van der Waals surface area (Å²) in [5, 5.41) is 5.74. The lowest BCUT2D eigenvalue weighted by atomic mass is 10.2. The summed E-state index contributed by atoms with van der Waals surface area (Å²) in [6.07, 6.45) is -0.508. The third-order valence-electron chi connectivity index (χ3n) is 2.68. The van der Waals surface area contributed by atoms with Crippen molar-refractivity contribution in [1.29, 1.82) is 0 Å². The predicted molar refractivity (Wildman–Crippen MR) is 62.4 cm³/mol. The van der Waals surface area contributed by atoms with Crippen molar-refractivity contribution in [3.63, 3.8) is 0 Å². The number of nitrogens with one attached hydrogen (secondary N) is 2. The van der Waals surface area contributed by atoms with E-state index in [2.05, 4.69) is 10.6 Å². The van der Waals surface area contributed by atoms with E-state index in [0.717, 1.165) is 12.1 Å². The molecule has 0 aliphatic carbocycles. The lowest BCUT2D eigenvalue weighted by molar-refractivity contribution is -0.128. The van der Waals surface area contributed by atoms with Crippen molar-refractivity contribution in [3.8, 4) is 0 Å². The molecule has 17 heavy (non-hydrogen) atoms. The maximum atomic E-state index is 13.0. The largest absolute Gasteiger partial charge is 0.366 e. The highest BCUT2D eigenvalue weighted by Gasteiger charge is 2.22. The van der Waals surface area contributed by atoms with Crippen LogP contribution < -0.4 is 10.6 Å². The fraction of sp³-hybridized carbons (Fsp3) is 0.417. The highest BCUT2D eigenvalue weighted by molar-refractivity contribution is 5.95. The minimum absolute atomic E-state index is 0.245. The summed E-state index contributed by atoms with van der Waals surface area (Å²) >= 11 is 0. The molecule has 1 aromatic rings. The Morgan fingerprint density at radius 3 is 3.12 bits per heavy atom. The Kier molecular flexibility index (Phi) is 3.71. The van der Waals surface area contributed by atoms with Gasteiger partial charge in [-0.1, -0.05) is 6.07 Å². The molecule has 2 rings (SSSR count). The van der Waals surface area contributed by atoms with Crippen LogP contribution in [-0.2, 0) is 9.53 Å². The Labute approximate surface area is 99.2 Å². The second kappa shape index (κ2) is 5.25. The van der Waals surface area contributed by atoms with Gasteiger partial charge in [0.05, 0.1) is 6.61 Å². The van der Waals surface area contributed by atoms with Crippen LogP contribution in [0.15, 0.2) is 18.2 Å². The molecule has 5 heteroatoms. The molecule has 4 nitrogen and oxygen atoms in total. The zero-order valence-corrected chi connectivity index (χ0v) is 9.63. The van der Waals surface area contributed by atoms with E-state index in [-0.39, 0.29) is 11.7 Å². The Balaban J connectivity index is 2.04. The summed E-state index contributed by atoms with van der Waals surface area (Å²) in [5.41, 5.74) is 1.31. The van der Waals surface area contributed by atoms with Gasteiger partial charge in [-0.2, -0.15) is 0 Å². The number of anilines is 1. The number of ether oxygens (including phenoxy) is 1. The fourth-order valence-corrected chi connectivity index (χ4v) is 1.68. The molecule has 0 spiro atoms. The van der Waals surface area contributed by atoms with Crippen molar-refractivity contribution in [1.82, 2.24) is 5.32 Å². The maximum Gasteiger partial charge on any atom is 0.254 e. The molecule has 0 aromatic heterocycles. The first-order chi connectivity index (χ1) is 8.16. The van der Waals surface area contributed by atoms with Gasteiger partial charge in [0.25, 0.3) is 5.91 Å². The van der Waals surface area contributed by atoms with Crippen LogP contribution in [0.25, 0.3) is 0 Å². The van der Waals surface area contributed by atoms with Crippen LogP contribution >= 0.6 is 0 Å². The van der Waals surface area contributed by atoms with Crippen molar-refractivity contribution >= 4 is 11.6 Å². The van der Waals surface area contributed by atoms with Crippen LogP contribution in [-0.4, -0.2) is 31.7 Å². The van der Waals surface area contributed by atoms with Crippen LogP contribution in [0.1, 0.15) is 5.56 Å². The minimum Gasteiger partial charge on any atom is -0.366 e. The molecule has 2 N–H and O–H groups in total. The van der Waals surface area contributed by atoms with Crippen molar-refractivity contribution < 1.29 is 13.9 Å². The highest BCUT2D eigenvalue weighted by atomic mass is 19.1. The Morgan fingerprint density at radius 1 is 1.59 bits per heavy atom. The number of hydrogen-bond donors (Lipinski definition) is 2. The number of amides is 1. The topological polar surface area (TPSA) is 50.4 Å². The van der Waals surface area contributed by atoms with Gasteiger partial charge in [-0.15, -0.1) is 0 Å². The number of carbonyl (C=O) groups is 1. The summed E-state index contributed by atoms with van der Waals surface area (Å²) in [4.78, 5) is 11.8. The quantitative estimate of drug-likeness (QED) is 0.810. The van der Waals surface area contributed by atoms with Gasteiger partial charge in [-0.3, -0.25) is 4.79 Å². The molecule has 1 amide bonds. The molecule has 1 aromatic carbocycles. The molecule has 1 heterocycles. The molecule has 0 radical (unpaired) electrons. The summed E-state index contributed by atoms with van der Waals surface area (Å²) in [5.74, 6) is -0.612. The normalized spacial score (nSPS) is 20.0. The molecule has 1 atom stereocenters. The van der Waals surface area contributed by atoms with E-state index in [4.69, 9.17) is 4.74 Å². The van der Waals surface area contributed by atoms with Crippen LogP contribution in [0.4, 0.5) is 10.1 Å². The molecule has 92 valence electrons. The number of carbonyl (C=O) groups excluding carboxylic acids is 1. The van der Waals surface area contributed by atoms with Gasteiger partial charge in [0.1, 0.15) is 11.9 Å². The zero-order chi connectivity index (χ0) is 12.3. The second-order valence-electron chi connectivity index (χ2n) is 4.01. The van der Waals surface area contributed by atoms with Crippen LogP contribution in [0, 0.1) is 12.7 Å². The highest BCUT2D eigenvalue weighted by Crippen LogP contribution is 2.16. The van der Waals surface area contributed by atoms with Gasteiger partial charge in [-0.05, 0) is 24.6 Å². The van der Waals surface area contributed by atoms with Gasteiger partial charge < -0.3 is 15.4 Å². The van der Waals surface area contributed by atoms with Crippen LogP contribution in [0.5, 0.6) is 0 Å². The van der Waals surface area contributed by atoms with Crippen LogP contribution in [0.3, 0.4) is 0 Å². The molecular formula is C12H15FN2O2. The Bertz CT molecular complexity index is 417. The standard InChI is InChI=1S/C12H15FN2O2/c1-8-2-3-9(13)6-10(8)15-12(16)11-7-14-4-5-17-11/h2-3,6,11,14H,4-5,7H2,1H3,(H,15,16). The molecule has 1 aliphatic rings. The van der Waals surface area contributed by atoms with Gasteiger partial charge in [-0.25, -0.2) is 4.39 Å². The van der Waals surface area contributed by atoms with Gasteiger partial charge in [0.15, 0.2) is 0 Å². The molecule has 0 bridgehead atoms. The van der Waals surface area contributed by atoms with Gasteiger partial charge in [0, 0.05) is 18.8 Å². The number of rotatable bonds is 2. The van der Waals surface area contributed by atoms with E-state index in [9.17, 15) is 9.18 Å². The molecule has 1 aliphatic heterocycles. The average Bonchev–Trinajstić information content (AvgIpc) is 2.35.